The molecule has 0 unspecified atom stereocenters. The van der Waals surface area contributed by atoms with Crippen LogP contribution in [0.1, 0.15) is 50.8 Å². The van der Waals surface area contributed by atoms with Crippen LogP contribution in [0, 0.1) is 11.2 Å². The van der Waals surface area contributed by atoms with E-state index in [1.807, 2.05) is 51.1 Å². The molecule has 158 valence electrons. The van der Waals surface area contributed by atoms with E-state index in [1.54, 1.807) is 25.2 Å². The molecule has 0 saturated heterocycles. The standard InChI is InChI=1S/C24H28FN3O2/c1-24(2,3)15-22(29)27(4)16-23(30)28-21(17-10-6-5-7-11-17)14-20(26-28)18-12-8-9-13-19(18)25/h5-13,21H,14-16H2,1-4H3/t21-/m0/s1. The van der Waals surface area contributed by atoms with Crippen molar-refractivity contribution in [1.29, 1.82) is 0 Å². The summed E-state index contributed by atoms with van der Waals surface area (Å²) in [5.41, 5.74) is 1.68. The zero-order valence-corrected chi connectivity index (χ0v) is 17.9. The fraction of sp³-hybridized carbons (Fsp3) is 0.375. The first kappa shape index (κ1) is 21.7. The van der Waals surface area contributed by atoms with Gasteiger partial charge in [0.15, 0.2) is 0 Å². The van der Waals surface area contributed by atoms with Gasteiger partial charge in [-0.1, -0.05) is 69.3 Å². The summed E-state index contributed by atoms with van der Waals surface area (Å²) < 4.78 is 14.3. The van der Waals surface area contributed by atoms with Crippen molar-refractivity contribution in [2.45, 2.75) is 39.7 Å². The van der Waals surface area contributed by atoms with Crippen molar-refractivity contribution in [3.8, 4) is 0 Å². The molecule has 0 bridgehead atoms. The highest BCUT2D eigenvalue weighted by molar-refractivity contribution is 6.03. The van der Waals surface area contributed by atoms with Crippen LogP contribution >= 0.6 is 0 Å². The van der Waals surface area contributed by atoms with E-state index in [9.17, 15) is 14.0 Å². The van der Waals surface area contributed by atoms with E-state index in [4.69, 9.17) is 0 Å². The summed E-state index contributed by atoms with van der Waals surface area (Å²) in [5, 5.41) is 5.89. The van der Waals surface area contributed by atoms with Crippen molar-refractivity contribution < 1.29 is 14.0 Å². The Bertz CT molecular complexity index is 950. The minimum atomic E-state index is -0.366. The molecule has 0 aromatic heterocycles. The monoisotopic (exact) mass is 409 g/mol. The predicted molar refractivity (Wildman–Crippen MR) is 115 cm³/mol. The molecule has 2 aromatic rings. The summed E-state index contributed by atoms with van der Waals surface area (Å²) in [6.45, 7) is 5.87. The quantitative estimate of drug-likeness (QED) is 0.735. The van der Waals surface area contributed by atoms with Crippen LogP contribution in [0.15, 0.2) is 59.7 Å². The third-order valence-corrected chi connectivity index (χ3v) is 5.01. The number of rotatable bonds is 5. The summed E-state index contributed by atoms with van der Waals surface area (Å²) in [7, 11) is 1.63. The first-order chi connectivity index (χ1) is 14.2. The second-order valence-electron chi connectivity index (χ2n) is 8.88. The van der Waals surface area contributed by atoms with E-state index in [1.165, 1.54) is 16.0 Å². The molecule has 2 amide bonds. The van der Waals surface area contributed by atoms with E-state index in [-0.39, 0.29) is 35.6 Å². The number of hydrogen-bond donors (Lipinski definition) is 0. The van der Waals surface area contributed by atoms with Crippen molar-refractivity contribution in [2.24, 2.45) is 10.5 Å². The SMILES string of the molecule is CN(CC(=O)N1N=C(c2ccccc2F)C[C@H]1c1ccccc1)C(=O)CC(C)(C)C. The topological polar surface area (TPSA) is 53.0 Å². The van der Waals surface area contributed by atoms with E-state index in [0.717, 1.165) is 5.56 Å². The van der Waals surface area contributed by atoms with Crippen molar-refractivity contribution in [3.05, 3.63) is 71.5 Å². The molecule has 0 N–H and O–H groups in total. The average molecular weight is 410 g/mol. The van der Waals surface area contributed by atoms with Crippen LogP contribution in [0.5, 0.6) is 0 Å². The van der Waals surface area contributed by atoms with Crippen LogP contribution < -0.4 is 0 Å². The summed E-state index contributed by atoms with van der Waals surface area (Å²) in [5.74, 6) is -0.751. The lowest BCUT2D eigenvalue weighted by Gasteiger charge is -2.26. The Morgan fingerprint density at radius 2 is 1.73 bits per heavy atom. The zero-order valence-electron chi connectivity index (χ0n) is 17.9. The van der Waals surface area contributed by atoms with Crippen LogP contribution in [0.25, 0.3) is 0 Å². The maximum Gasteiger partial charge on any atom is 0.262 e. The molecule has 3 rings (SSSR count). The van der Waals surface area contributed by atoms with E-state index < -0.39 is 0 Å². The summed E-state index contributed by atoms with van der Waals surface area (Å²) in [6, 6.07) is 15.7. The number of carbonyl (C=O) groups is 2. The highest BCUT2D eigenvalue weighted by atomic mass is 19.1. The Hall–Kier alpha value is -3.02. The van der Waals surface area contributed by atoms with Gasteiger partial charge in [-0.15, -0.1) is 0 Å². The maximum atomic E-state index is 14.3. The van der Waals surface area contributed by atoms with Gasteiger partial charge in [-0.25, -0.2) is 9.40 Å². The van der Waals surface area contributed by atoms with Crippen LogP contribution in [-0.4, -0.2) is 41.0 Å². The minimum Gasteiger partial charge on any atom is -0.336 e. The third-order valence-electron chi connectivity index (χ3n) is 5.01. The van der Waals surface area contributed by atoms with Crippen LogP contribution in [0.4, 0.5) is 4.39 Å². The summed E-state index contributed by atoms with van der Waals surface area (Å²) in [6.07, 6.45) is 0.763. The number of benzene rings is 2. The third kappa shape index (κ3) is 5.12. The Morgan fingerprint density at radius 1 is 1.10 bits per heavy atom. The zero-order chi connectivity index (χ0) is 21.9. The second kappa shape index (κ2) is 8.78. The molecule has 0 saturated carbocycles. The van der Waals surface area contributed by atoms with E-state index in [0.29, 0.717) is 24.1 Å². The van der Waals surface area contributed by atoms with Gasteiger partial charge in [-0.05, 0) is 17.0 Å². The van der Waals surface area contributed by atoms with Crippen molar-refractivity contribution >= 4 is 17.5 Å². The van der Waals surface area contributed by atoms with Gasteiger partial charge in [0.1, 0.15) is 12.4 Å². The molecule has 1 aliphatic heterocycles. The maximum absolute atomic E-state index is 14.3. The Kier molecular flexibility index (Phi) is 6.34. The number of likely N-dealkylation sites (N-methyl/N-ethyl adjacent to an activating group) is 1. The Balaban J connectivity index is 1.85. The molecule has 6 heteroatoms. The lowest BCUT2D eigenvalue weighted by molar-refractivity contribution is -0.141. The molecule has 0 aliphatic carbocycles. The van der Waals surface area contributed by atoms with Gasteiger partial charge in [0.05, 0.1) is 11.8 Å². The molecule has 30 heavy (non-hydrogen) atoms. The minimum absolute atomic E-state index is 0.0771. The van der Waals surface area contributed by atoms with Gasteiger partial charge in [-0.3, -0.25) is 9.59 Å². The largest absolute Gasteiger partial charge is 0.336 e. The van der Waals surface area contributed by atoms with Gasteiger partial charge in [0, 0.05) is 25.5 Å². The molecule has 5 nitrogen and oxygen atoms in total. The van der Waals surface area contributed by atoms with Gasteiger partial charge in [0.25, 0.3) is 5.91 Å². The number of hydrazone groups is 1. The van der Waals surface area contributed by atoms with Gasteiger partial charge < -0.3 is 4.90 Å². The Morgan fingerprint density at radius 3 is 2.37 bits per heavy atom. The van der Waals surface area contributed by atoms with Crippen molar-refractivity contribution in [1.82, 2.24) is 9.91 Å². The lowest BCUT2D eigenvalue weighted by atomic mass is 9.92. The molecule has 0 radical (unpaired) electrons. The lowest BCUT2D eigenvalue weighted by Crippen LogP contribution is -2.40. The van der Waals surface area contributed by atoms with Crippen molar-refractivity contribution in [2.75, 3.05) is 13.6 Å². The van der Waals surface area contributed by atoms with E-state index in [2.05, 4.69) is 5.10 Å². The van der Waals surface area contributed by atoms with Crippen LogP contribution in [-0.2, 0) is 9.59 Å². The van der Waals surface area contributed by atoms with E-state index >= 15 is 0 Å². The number of nitrogens with zero attached hydrogens (tertiary/aromatic N) is 3. The molecule has 1 heterocycles. The second-order valence-corrected chi connectivity index (χ2v) is 8.88. The highest BCUT2D eigenvalue weighted by Crippen LogP contribution is 2.33. The van der Waals surface area contributed by atoms with Gasteiger partial charge in [-0.2, -0.15) is 5.10 Å². The molecule has 1 aliphatic rings. The summed E-state index contributed by atoms with van der Waals surface area (Å²) in [4.78, 5) is 27.0. The number of halogens is 1. The molecule has 0 fully saturated rings. The van der Waals surface area contributed by atoms with Gasteiger partial charge in [0.2, 0.25) is 5.91 Å². The molecule has 2 aromatic carbocycles. The first-order valence-corrected chi connectivity index (χ1v) is 10.1. The summed E-state index contributed by atoms with van der Waals surface area (Å²) >= 11 is 0. The Labute approximate surface area is 177 Å². The number of amides is 2. The smallest absolute Gasteiger partial charge is 0.262 e. The molecule has 1 atom stereocenters. The van der Waals surface area contributed by atoms with Crippen LogP contribution in [0.2, 0.25) is 0 Å². The fourth-order valence-corrected chi connectivity index (χ4v) is 3.49. The predicted octanol–water partition coefficient (Wildman–Crippen LogP) is 4.40. The fourth-order valence-electron chi connectivity index (χ4n) is 3.49. The first-order valence-electron chi connectivity index (χ1n) is 10.1. The highest BCUT2D eigenvalue weighted by Gasteiger charge is 2.34. The van der Waals surface area contributed by atoms with Gasteiger partial charge >= 0.3 is 0 Å². The number of hydrogen-bond acceptors (Lipinski definition) is 3. The van der Waals surface area contributed by atoms with Crippen LogP contribution in [0.3, 0.4) is 0 Å². The normalized spacial score (nSPS) is 16.4. The molecular weight excluding hydrogens is 381 g/mol. The number of carbonyl (C=O) groups excluding carboxylic acids is 2. The van der Waals surface area contributed by atoms with Crippen molar-refractivity contribution in [3.63, 3.8) is 0 Å². The average Bonchev–Trinajstić information content (AvgIpc) is 3.13. The molecule has 0 spiro atoms. The molecular formula is C24H28FN3O2.